The number of carbonyl (C=O) groups excluding carboxylic acids is 1. The molecule has 0 aliphatic carbocycles. The predicted molar refractivity (Wildman–Crippen MR) is 104 cm³/mol. The number of benzene rings is 1. The van der Waals surface area contributed by atoms with Crippen LogP contribution in [-0.4, -0.2) is 25.9 Å². The van der Waals surface area contributed by atoms with Gasteiger partial charge in [-0.25, -0.2) is 4.79 Å². The molecule has 0 fully saturated rings. The van der Waals surface area contributed by atoms with Crippen molar-refractivity contribution in [3.05, 3.63) is 75.6 Å². The maximum atomic E-state index is 12.4. The number of H-pyrrole nitrogens is 1. The molecule has 4 rings (SSSR count). The molecule has 0 aliphatic rings. The lowest BCUT2D eigenvalue weighted by atomic mass is 10.1. The lowest BCUT2D eigenvalue weighted by molar-refractivity contribution is 0.102. The number of para-hydroxylation sites is 1. The van der Waals surface area contributed by atoms with Crippen molar-refractivity contribution in [1.82, 2.24) is 20.0 Å². The van der Waals surface area contributed by atoms with Crippen molar-refractivity contribution in [2.24, 2.45) is 7.05 Å². The van der Waals surface area contributed by atoms with E-state index in [1.807, 2.05) is 24.4 Å². The molecule has 0 atom stereocenters. The van der Waals surface area contributed by atoms with E-state index in [1.54, 1.807) is 26.2 Å². The summed E-state index contributed by atoms with van der Waals surface area (Å²) >= 11 is 0. The third-order valence-electron chi connectivity index (χ3n) is 4.59. The second-order valence-electron chi connectivity index (χ2n) is 6.65. The van der Waals surface area contributed by atoms with Gasteiger partial charge in [0, 0.05) is 30.6 Å². The second kappa shape index (κ2) is 7.15. The maximum Gasteiger partial charge on any atom is 0.349 e. The van der Waals surface area contributed by atoms with Crippen LogP contribution in [0.15, 0.2) is 51.9 Å². The van der Waals surface area contributed by atoms with Crippen molar-refractivity contribution in [2.75, 3.05) is 5.32 Å². The van der Waals surface area contributed by atoms with Crippen LogP contribution in [0.2, 0.25) is 0 Å². The molecule has 1 aromatic carbocycles. The number of rotatable bonds is 5. The first-order chi connectivity index (χ1) is 13.5. The van der Waals surface area contributed by atoms with E-state index in [0.717, 1.165) is 22.9 Å². The predicted octanol–water partition coefficient (Wildman–Crippen LogP) is 2.60. The van der Waals surface area contributed by atoms with Crippen molar-refractivity contribution in [1.29, 1.82) is 0 Å². The summed E-state index contributed by atoms with van der Waals surface area (Å²) in [7, 11) is 1.69. The number of nitrogens with zero attached hydrogens (tertiary/aromatic N) is 3. The van der Waals surface area contributed by atoms with E-state index in [4.69, 9.17) is 4.42 Å². The Morgan fingerprint density at radius 2 is 2.11 bits per heavy atom. The van der Waals surface area contributed by atoms with Crippen LogP contribution < -0.4 is 10.9 Å². The van der Waals surface area contributed by atoms with E-state index in [1.165, 1.54) is 4.68 Å². The molecule has 8 nitrogen and oxygen atoms in total. The zero-order valence-corrected chi connectivity index (χ0v) is 15.5. The fraction of sp³-hybridized carbons (Fsp3) is 0.200. The quantitative estimate of drug-likeness (QED) is 0.556. The molecule has 0 saturated heterocycles. The van der Waals surface area contributed by atoms with Gasteiger partial charge < -0.3 is 14.7 Å². The van der Waals surface area contributed by atoms with Gasteiger partial charge in [0.05, 0.1) is 6.20 Å². The molecule has 28 heavy (non-hydrogen) atoms. The van der Waals surface area contributed by atoms with Crippen LogP contribution in [0.1, 0.15) is 27.2 Å². The van der Waals surface area contributed by atoms with E-state index < -0.39 is 11.5 Å². The van der Waals surface area contributed by atoms with Crippen LogP contribution in [0.25, 0.3) is 10.9 Å². The molecule has 8 heteroatoms. The number of hydrogen-bond acceptors (Lipinski definition) is 5. The van der Waals surface area contributed by atoms with Crippen molar-refractivity contribution < 1.29 is 9.21 Å². The Labute approximate surface area is 160 Å². The minimum Gasteiger partial charge on any atom is -0.427 e. The average Bonchev–Trinajstić information content (AvgIpc) is 3.25. The summed E-state index contributed by atoms with van der Waals surface area (Å²) in [5.74, 6) is 0.258. The Hall–Kier alpha value is -3.68. The van der Waals surface area contributed by atoms with E-state index in [-0.39, 0.29) is 11.4 Å². The summed E-state index contributed by atoms with van der Waals surface area (Å²) < 4.78 is 6.85. The van der Waals surface area contributed by atoms with E-state index >= 15 is 0 Å². The third kappa shape index (κ3) is 3.44. The van der Waals surface area contributed by atoms with Gasteiger partial charge in [0.25, 0.3) is 5.91 Å². The van der Waals surface area contributed by atoms with E-state index in [2.05, 4.69) is 26.7 Å². The van der Waals surface area contributed by atoms with Crippen LogP contribution in [0, 0.1) is 6.92 Å². The Morgan fingerprint density at radius 1 is 1.29 bits per heavy atom. The van der Waals surface area contributed by atoms with Gasteiger partial charge >= 0.3 is 5.63 Å². The summed E-state index contributed by atoms with van der Waals surface area (Å²) in [5, 5.41) is 11.2. The van der Waals surface area contributed by atoms with Crippen molar-refractivity contribution >= 4 is 22.6 Å². The molecule has 0 bridgehead atoms. The molecule has 0 aliphatic heterocycles. The summed E-state index contributed by atoms with van der Waals surface area (Å²) in [6, 6.07) is 9.79. The maximum absolute atomic E-state index is 12.4. The Kier molecular flexibility index (Phi) is 4.52. The lowest BCUT2D eigenvalue weighted by Crippen LogP contribution is -2.23. The first kappa shape index (κ1) is 17.7. The third-order valence-corrected chi connectivity index (χ3v) is 4.59. The summed E-state index contributed by atoms with van der Waals surface area (Å²) in [6.45, 7) is 1.72. The molecule has 0 radical (unpaired) electrons. The molecular weight excluding hydrogens is 358 g/mol. The average molecular weight is 377 g/mol. The zero-order chi connectivity index (χ0) is 19.7. The van der Waals surface area contributed by atoms with Crippen LogP contribution >= 0.6 is 0 Å². The highest BCUT2D eigenvalue weighted by Crippen LogP contribution is 2.20. The summed E-state index contributed by atoms with van der Waals surface area (Å²) in [5.41, 5.74) is 2.11. The molecule has 0 saturated carbocycles. The number of anilines is 1. The Bertz CT molecular complexity index is 1220. The monoisotopic (exact) mass is 377 g/mol. The zero-order valence-electron chi connectivity index (χ0n) is 15.5. The number of fused-ring (bicyclic) bond motifs is 1. The molecular formula is C20H19N5O3. The SMILES string of the molecule is Cc1cc(CCc2c[nH]c3ccccc23)oc(=O)c1C(=O)Nc1cn(C)nn1. The number of aryl methyl sites for hydroxylation is 4. The molecule has 142 valence electrons. The van der Waals surface area contributed by atoms with Crippen molar-refractivity contribution in [2.45, 2.75) is 19.8 Å². The Balaban J connectivity index is 1.52. The number of aromatic amines is 1. The molecule has 4 aromatic rings. The minimum absolute atomic E-state index is 0.0264. The minimum atomic E-state index is -0.657. The highest BCUT2D eigenvalue weighted by Gasteiger charge is 2.18. The van der Waals surface area contributed by atoms with Crippen molar-refractivity contribution in [3.8, 4) is 0 Å². The number of nitrogens with one attached hydrogen (secondary N) is 2. The number of aromatic nitrogens is 4. The van der Waals surface area contributed by atoms with Gasteiger partial charge in [-0.15, -0.1) is 5.10 Å². The van der Waals surface area contributed by atoms with Gasteiger partial charge in [-0.3, -0.25) is 9.48 Å². The summed E-state index contributed by atoms with van der Waals surface area (Å²) in [4.78, 5) is 28.0. The highest BCUT2D eigenvalue weighted by atomic mass is 16.4. The van der Waals surface area contributed by atoms with Crippen LogP contribution in [0.5, 0.6) is 0 Å². The first-order valence-corrected chi connectivity index (χ1v) is 8.87. The van der Waals surface area contributed by atoms with Gasteiger partial charge in [-0.05, 0) is 36.6 Å². The fourth-order valence-corrected chi connectivity index (χ4v) is 3.25. The van der Waals surface area contributed by atoms with Gasteiger partial charge in [-0.1, -0.05) is 23.4 Å². The van der Waals surface area contributed by atoms with Gasteiger partial charge in [0.1, 0.15) is 11.3 Å². The second-order valence-corrected chi connectivity index (χ2v) is 6.65. The van der Waals surface area contributed by atoms with Gasteiger partial charge in [-0.2, -0.15) is 0 Å². The standard InChI is InChI=1S/C20H19N5O3/c1-12-9-14(8-7-13-10-21-16-6-4-3-5-15(13)16)28-20(27)18(12)19(26)22-17-11-25(2)24-23-17/h3-6,9-11,21H,7-8H2,1-2H3,(H,22,26). The van der Waals surface area contributed by atoms with Crippen LogP contribution in [0.4, 0.5) is 5.82 Å². The van der Waals surface area contributed by atoms with Gasteiger partial charge in [0.15, 0.2) is 5.82 Å². The number of carbonyl (C=O) groups is 1. The number of hydrogen-bond donors (Lipinski definition) is 2. The van der Waals surface area contributed by atoms with E-state index in [0.29, 0.717) is 17.7 Å². The molecule has 2 N–H and O–H groups in total. The first-order valence-electron chi connectivity index (χ1n) is 8.87. The van der Waals surface area contributed by atoms with Crippen LogP contribution in [-0.2, 0) is 19.9 Å². The Morgan fingerprint density at radius 3 is 2.86 bits per heavy atom. The van der Waals surface area contributed by atoms with Crippen LogP contribution in [0.3, 0.4) is 0 Å². The summed E-state index contributed by atoms with van der Waals surface area (Å²) in [6.07, 6.45) is 4.80. The molecule has 0 unspecified atom stereocenters. The van der Waals surface area contributed by atoms with Gasteiger partial charge in [0.2, 0.25) is 0 Å². The molecule has 3 aromatic heterocycles. The van der Waals surface area contributed by atoms with E-state index in [9.17, 15) is 9.59 Å². The number of amides is 1. The highest BCUT2D eigenvalue weighted by molar-refractivity contribution is 6.04. The molecule has 0 spiro atoms. The lowest BCUT2D eigenvalue weighted by Gasteiger charge is -2.06. The normalized spacial score (nSPS) is 11.1. The smallest absolute Gasteiger partial charge is 0.349 e. The largest absolute Gasteiger partial charge is 0.427 e. The topological polar surface area (TPSA) is 106 Å². The molecule has 3 heterocycles. The fourth-order valence-electron chi connectivity index (χ4n) is 3.25. The van der Waals surface area contributed by atoms with Crippen molar-refractivity contribution in [3.63, 3.8) is 0 Å². The molecule has 1 amide bonds.